The molecule has 1 aliphatic heterocycles. The third-order valence-electron chi connectivity index (χ3n) is 7.36. The van der Waals surface area contributed by atoms with Crippen molar-refractivity contribution in [1.29, 1.82) is 0 Å². The van der Waals surface area contributed by atoms with E-state index in [0.29, 0.717) is 12.8 Å². The summed E-state index contributed by atoms with van der Waals surface area (Å²) in [5.74, 6) is 1.02. The smallest absolute Gasteiger partial charge is 0.225 e. The number of rotatable bonds is 8. The van der Waals surface area contributed by atoms with Crippen LogP contribution in [-0.2, 0) is 21.4 Å². The molecule has 0 spiro atoms. The highest BCUT2D eigenvalue weighted by atomic mass is 19.1. The van der Waals surface area contributed by atoms with Gasteiger partial charge < -0.3 is 10.1 Å². The molecule has 41 heavy (non-hydrogen) atoms. The van der Waals surface area contributed by atoms with E-state index >= 15 is 0 Å². The fourth-order valence-electron chi connectivity index (χ4n) is 5.23. The van der Waals surface area contributed by atoms with Crippen molar-refractivity contribution in [2.45, 2.75) is 51.4 Å². The summed E-state index contributed by atoms with van der Waals surface area (Å²) in [6.45, 7) is 6.33. The predicted octanol–water partition coefficient (Wildman–Crippen LogP) is 8.60. The second-order valence-corrected chi connectivity index (χ2v) is 11.5. The van der Waals surface area contributed by atoms with Crippen LogP contribution in [0.1, 0.15) is 67.3 Å². The summed E-state index contributed by atoms with van der Waals surface area (Å²) in [5.41, 5.74) is 5.28. The van der Waals surface area contributed by atoms with Crippen LogP contribution in [0, 0.1) is 5.82 Å². The molecular weight excluding hydrogens is 513 g/mol. The van der Waals surface area contributed by atoms with Crippen LogP contribution in [0.4, 0.5) is 10.1 Å². The van der Waals surface area contributed by atoms with E-state index < -0.39 is 0 Å². The van der Waals surface area contributed by atoms with Gasteiger partial charge in [-0.05, 0) is 64.9 Å². The zero-order valence-electron chi connectivity index (χ0n) is 23.6. The first kappa shape index (κ1) is 28.0. The highest BCUT2D eigenvalue weighted by Crippen LogP contribution is 2.45. The Labute approximate surface area is 240 Å². The quantitative estimate of drug-likeness (QED) is 0.225. The molecule has 208 valence electrons. The molecule has 0 aliphatic carbocycles. The van der Waals surface area contributed by atoms with Crippen molar-refractivity contribution in [3.63, 3.8) is 0 Å². The lowest BCUT2D eigenvalue weighted by atomic mass is 9.84. The molecule has 0 saturated carbocycles. The summed E-state index contributed by atoms with van der Waals surface area (Å²) < 4.78 is 19.2. The number of fused-ring (bicyclic) bond motifs is 2. The van der Waals surface area contributed by atoms with Crippen molar-refractivity contribution in [2.24, 2.45) is 0 Å². The van der Waals surface area contributed by atoms with Gasteiger partial charge in [-0.15, -0.1) is 0 Å². The zero-order chi connectivity index (χ0) is 29.0. The van der Waals surface area contributed by atoms with Gasteiger partial charge in [-0.2, -0.15) is 0 Å². The standard InChI is InChI=1S/C36H34FNO3/c1-36(2,3)31-21-16-25(15-20-27(39)19-14-24-12-17-26(37)18-13-24)22-32(31)38-35(40)23-30-28-8-4-6-10-33(28)41-34-11-7-5-9-29(30)34/h4-13,15-18,20-22,30H,14,19,23H2,1-3H3,(H,38,40). The number of allylic oxidation sites excluding steroid dienone is 1. The number of para-hydroxylation sites is 2. The predicted molar refractivity (Wildman–Crippen MR) is 162 cm³/mol. The number of anilines is 1. The second kappa shape index (κ2) is 11.9. The Kier molecular flexibility index (Phi) is 8.16. The first-order valence-electron chi connectivity index (χ1n) is 13.9. The molecule has 0 aromatic heterocycles. The summed E-state index contributed by atoms with van der Waals surface area (Å²) in [5, 5.41) is 3.18. The van der Waals surface area contributed by atoms with Crippen LogP contribution in [-0.4, -0.2) is 11.7 Å². The van der Waals surface area contributed by atoms with Crippen molar-refractivity contribution < 1.29 is 18.7 Å². The molecule has 0 radical (unpaired) electrons. The van der Waals surface area contributed by atoms with Crippen molar-refractivity contribution in [1.82, 2.24) is 0 Å². The van der Waals surface area contributed by atoms with Crippen LogP contribution >= 0.6 is 0 Å². The van der Waals surface area contributed by atoms with Gasteiger partial charge >= 0.3 is 0 Å². The molecule has 1 amide bonds. The maximum absolute atomic E-state index is 13.6. The van der Waals surface area contributed by atoms with Crippen LogP contribution < -0.4 is 10.1 Å². The molecule has 4 nitrogen and oxygen atoms in total. The third-order valence-corrected chi connectivity index (χ3v) is 7.36. The number of nitrogens with one attached hydrogen (secondary N) is 1. The largest absolute Gasteiger partial charge is 0.457 e. The molecule has 1 heterocycles. The number of benzene rings is 4. The van der Waals surface area contributed by atoms with E-state index in [4.69, 9.17) is 4.74 Å². The van der Waals surface area contributed by atoms with Gasteiger partial charge in [0, 0.05) is 35.6 Å². The first-order chi connectivity index (χ1) is 19.7. The van der Waals surface area contributed by atoms with E-state index in [1.807, 2.05) is 66.7 Å². The van der Waals surface area contributed by atoms with Crippen LogP contribution in [0.25, 0.3) is 6.08 Å². The molecule has 0 saturated heterocycles. The van der Waals surface area contributed by atoms with Crippen molar-refractivity contribution in [3.8, 4) is 11.5 Å². The highest BCUT2D eigenvalue weighted by molar-refractivity contribution is 5.95. The third kappa shape index (κ3) is 6.80. The average Bonchev–Trinajstić information content (AvgIpc) is 2.95. The molecule has 1 N–H and O–H groups in total. The van der Waals surface area contributed by atoms with Crippen LogP contribution in [0.5, 0.6) is 11.5 Å². The Balaban J connectivity index is 1.33. The van der Waals surface area contributed by atoms with Crippen LogP contribution in [0.2, 0.25) is 0 Å². The van der Waals surface area contributed by atoms with Gasteiger partial charge in [0.25, 0.3) is 0 Å². The fourth-order valence-corrected chi connectivity index (χ4v) is 5.23. The molecule has 0 atom stereocenters. The van der Waals surface area contributed by atoms with Gasteiger partial charge in [0.05, 0.1) is 0 Å². The van der Waals surface area contributed by atoms with Crippen LogP contribution in [0.3, 0.4) is 0 Å². The number of ether oxygens (including phenoxy) is 1. The maximum Gasteiger partial charge on any atom is 0.225 e. The van der Waals surface area contributed by atoms with Crippen molar-refractivity contribution in [2.75, 3.05) is 5.32 Å². The van der Waals surface area contributed by atoms with Gasteiger partial charge in [0.1, 0.15) is 17.3 Å². The number of carbonyl (C=O) groups excluding carboxylic acids is 2. The number of aryl methyl sites for hydroxylation is 1. The number of carbonyl (C=O) groups is 2. The summed E-state index contributed by atoms with van der Waals surface area (Å²) in [6.07, 6.45) is 4.49. The molecular formula is C36H34FNO3. The molecule has 1 aliphatic rings. The number of hydrogen-bond donors (Lipinski definition) is 1. The second-order valence-electron chi connectivity index (χ2n) is 11.5. The van der Waals surface area contributed by atoms with Crippen molar-refractivity contribution >= 4 is 23.5 Å². The molecule has 4 aromatic carbocycles. The normalized spacial score (nSPS) is 12.9. The topological polar surface area (TPSA) is 55.4 Å². The van der Waals surface area contributed by atoms with E-state index in [9.17, 15) is 14.0 Å². The molecule has 0 unspecified atom stereocenters. The maximum atomic E-state index is 13.6. The molecule has 0 bridgehead atoms. The number of ketones is 1. The zero-order valence-corrected chi connectivity index (χ0v) is 23.6. The SMILES string of the molecule is CC(C)(C)c1ccc(C=CC(=O)CCc2ccc(F)cc2)cc1NC(=O)CC1c2ccccc2Oc2ccccc21. The summed E-state index contributed by atoms with van der Waals surface area (Å²) >= 11 is 0. The van der Waals surface area contributed by atoms with Gasteiger partial charge in [-0.3, -0.25) is 9.59 Å². The van der Waals surface area contributed by atoms with Gasteiger partial charge in [-0.1, -0.05) is 87.5 Å². The number of hydrogen-bond acceptors (Lipinski definition) is 3. The molecule has 5 rings (SSSR count). The van der Waals surface area contributed by atoms with Gasteiger partial charge in [0.2, 0.25) is 5.91 Å². The lowest BCUT2D eigenvalue weighted by Gasteiger charge is -2.28. The van der Waals surface area contributed by atoms with E-state index in [1.165, 1.54) is 12.1 Å². The van der Waals surface area contributed by atoms with E-state index in [1.54, 1.807) is 24.3 Å². The van der Waals surface area contributed by atoms with Gasteiger partial charge in [0.15, 0.2) is 5.78 Å². The van der Waals surface area contributed by atoms with Crippen molar-refractivity contribution in [3.05, 3.63) is 131 Å². The van der Waals surface area contributed by atoms with E-state index in [0.717, 1.165) is 45.0 Å². The molecule has 5 heteroatoms. The monoisotopic (exact) mass is 547 g/mol. The average molecular weight is 548 g/mol. The fraction of sp³-hybridized carbons (Fsp3) is 0.222. The Morgan fingerprint density at radius 1 is 0.878 bits per heavy atom. The Bertz CT molecular complexity index is 1550. The highest BCUT2D eigenvalue weighted by Gasteiger charge is 2.29. The summed E-state index contributed by atoms with van der Waals surface area (Å²) in [6, 6.07) is 27.8. The summed E-state index contributed by atoms with van der Waals surface area (Å²) in [7, 11) is 0. The Morgan fingerprint density at radius 3 is 2.15 bits per heavy atom. The minimum absolute atomic E-state index is 0.0170. The lowest BCUT2D eigenvalue weighted by molar-refractivity contribution is -0.116. The van der Waals surface area contributed by atoms with Crippen LogP contribution in [0.15, 0.2) is 97.1 Å². The Hall–Kier alpha value is -4.51. The minimum Gasteiger partial charge on any atom is -0.457 e. The lowest BCUT2D eigenvalue weighted by Crippen LogP contribution is -2.22. The molecule has 4 aromatic rings. The minimum atomic E-state index is -0.288. The summed E-state index contributed by atoms with van der Waals surface area (Å²) in [4.78, 5) is 26.1. The van der Waals surface area contributed by atoms with E-state index in [-0.39, 0.29) is 35.3 Å². The van der Waals surface area contributed by atoms with E-state index in [2.05, 4.69) is 26.1 Å². The Morgan fingerprint density at radius 2 is 1.51 bits per heavy atom. The first-order valence-corrected chi connectivity index (χ1v) is 13.9. The molecule has 0 fully saturated rings. The number of halogens is 1. The number of amides is 1. The van der Waals surface area contributed by atoms with Gasteiger partial charge in [-0.25, -0.2) is 4.39 Å².